The highest BCUT2D eigenvalue weighted by atomic mass is 19.4. The van der Waals surface area contributed by atoms with E-state index in [-0.39, 0.29) is 19.1 Å². The van der Waals surface area contributed by atoms with Gasteiger partial charge in [-0.05, 0) is 32.6 Å². The van der Waals surface area contributed by atoms with Crippen LogP contribution >= 0.6 is 0 Å². The molecule has 0 amide bonds. The zero-order valence-corrected chi connectivity index (χ0v) is 11.1. The van der Waals surface area contributed by atoms with Crippen LogP contribution in [0.5, 0.6) is 0 Å². The minimum Gasteiger partial charge on any atom is -0.352 e. The maximum atomic E-state index is 13.2. The highest BCUT2D eigenvalue weighted by molar-refractivity contribution is 4.82. The summed E-state index contributed by atoms with van der Waals surface area (Å²) < 4.78 is 50.1. The van der Waals surface area contributed by atoms with Gasteiger partial charge in [0.1, 0.15) is 5.92 Å². The van der Waals surface area contributed by atoms with Gasteiger partial charge in [0.15, 0.2) is 6.29 Å². The third kappa shape index (κ3) is 4.43. The molecule has 1 fully saturated rings. The van der Waals surface area contributed by atoms with E-state index in [9.17, 15) is 13.2 Å². The van der Waals surface area contributed by atoms with Crippen LogP contribution < -0.4 is 0 Å². The summed E-state index contributed by atoms with van der Waals surface area (Å²) in [5, 5.41) is 0. The summed E-state index contributed by atoms with van der Waals surface area (Å²) in [7, 11) is 0. The molecule has 108 valence electrons. The number of ether oxygens (including phenoxy) is 2. The van der Waals surface area contributed by atoms with Crippen LogP contribution in [0.15, 0.2) is 0 Å². The van der Waals surface area contributed by atoms with Crippen molar-refractivity contribution in [3.63, 3.8) is 0 Å². The van der Waals surface area contributed by atoms with Crippen molar-refractivity contribution in [3.05, 3.63) is 0 Å². The summed E-state index contributed by atoms with van der Waals surface area (Å²) in [4.78, 5) is 0. The van der Waals surface area contributed by atoms with Crippen LogP contribution in [-0.4, -0.2) is 25.7 Å². The molecular weight excluding hydrogens is 245 g/mol. The first-order chi connectivity index (χ1) is 8.50. The molecule has 1 aliphatic rings. The van der Waals surface area contributed by atoms with Crippen molar-refractivity contribution in [2.45, 2.75) is 58.4 Å². The quantitative estimate of drug-likeness (QED) is 0.674. The lowest BCUT2D eigenvalue weighted by atomic mass is 9.79. The van der Waals surface area contributed by atoms with Gasteiger partial charge < -0.3 is 9.47 Å². The van der Waals surface area contributed by atoms with Crippen LogP contribution in [0.1, 0.15) is 46.0 Å². The van der Waals surface area contributed by atoms with Gasteiger partial charge in [-0.25, -0.2) is 0 Å². The van der Waals surface area contributed by atoms with Crippen LogP contribution in [0.3, 0.4) is 0 Å². The predicted octanol–water partition coefficient (Wildman–Crippen LogP) is 4.14. The molecule has 0 bridgehead atoms. The lowest BCUT2D eigenvalue weighted by molar-refractivity contribution is -0.280. The maximum Gasteiger partial charge on any atom is 0.396 e. The Kier molecular flexibility index (Phi) is 6.43. The van der Waals surface area contributed by atoms with E-state index in [2.05, 4.69) is 0 Å². The van der Waals surface area contributed by atoms with E-state index < -0.39 is 18.4 Å². The lowest BCUT2D eigenvalue weighted by Crippen LogP contribution is -2.43. The first kappa shape index (κ1) is 15.8. The van der Waals surface area contributed by atoms with Gasteiger partial charge in [-0.15, -0.1) is 0 Å². The molecule has 0 saturated heterocycles. The lowest BCUT2D eigenvalue weighted by Gasteiger charge is -2.36. The molecular formula is C13H23F3O2. The Morgan fingerprint density at radius 1 is 1.00 bits per heavy atom. The van der Waals surface area contributed by atoms with E-state index in [1.54, 1.807) is 13.8 Å². The highest BCUT2D eigenvalue weighted by Crippen LogP contribution is 2.42. The molecule has 0 spiro atoms. The fourth-order valence-electron chi connectivity index (χ4n) is 2.72. The SMILES string of the molecule is CCOC(OCC)C(C1CCCCC1)C(F)(F)F. The van der Waals surface area contributed by atoms with Crippen molar-refractivity contribution in [3.8, 4) is 0 Å². The van der Waals surface area contributed by atoms with Gasteiger partial charge in [-0.2, -0.15) is 13.2 Å². The number of hydrogen-bond acceptors (Lipinski definition) is 2. The average Bonchev–Trinajstić information content (AvgIpc) is 2.29. The van der Waals surface area contributed by atoms with E-state index in [1.807, 2.05) is 0 Å². The normalized spacial score (nSPS) is 20.3. The molecule has 0 aromatic heterocycles. The Hall–Kier alpha value is -0.290. The summed E-state index contributed by atoms with van der Waals surface area (Å²) in [6.45, 7) is 3.87. The largest absolute Gasteiger partial charge is 0.396 e. The molecule has 0 heterocycles. The van der Waals surface area contributed by atoms with Crippen molar-refractivity contribution >= 4 is 0 Å². The second kappa shape index (κ2) is 7.34. The Balaban J connectivity index is 2.80. The van der Waals surface area contributed by atoms with E-state index >= 15 is 0 Å². The summed E-state index contributed by atoms with van der Waals surface area (Å²) >= 11 is 0. The van der Waals surface area contributed by atoms with Gasteiger partial charge in [-0.1, -0.05) is 19.3 Å². The number of hydrogen-bond donors (Lipinski definition) is 0. The first-order valence-electron chi connectivity index (χ1n) is 6.80. The van der Waals surface area contributed by atoms with Gasteiger partial charge in [0.05, 0.1) is 0 Å². The van der Waals surface area contributed by atoms with Crippen LogP contribution in [0.2, 0.25) is 0 Å². The summed E-state index contributed by atoms with van der Waals surface area (Å²) in [5.41, 5.74) is 0. The third-order valence-corrected chi connectivity index (χ3v) is 3.49. The van der Waals surface area contributed by atoms with Crippen LogP contribution in [0.4, 0.5) is 13.2 Å². The predicted molar refractivity (Wildman–Crippen MR) is 63.2 cm³/mol. The van der Waals surface area contributed by atoms with E-state index in [4.69, 9.17) is 9.47 Å². The minimum atomic E-state index is -4.25. The van der Waals surface area contributed by atoms with Crippen molar-refractivity contribution in [2.75, 3.05) is 13.2 Å². The van der Waals surface area contributed by atoms with Crippen molar-refractivity contribution in [2.24, 2.45) is 11.8 Å². The third-order valence-electron chi connectivity index (χ3n) is 3.49. The highest BCUT2D eigenvalue weighted by Gasteiger charge is 2.50. The summed E-state index contributed by atoms with van der Waals surface area (Å²) in [6.07, 6.45) is -1.36. The van der Waals surface area contributed by atoms with Gasteiger partial charge in [0.25, 0.3) is 0 Å². The van der Waals surface area contributed by atoms with E-state index in [0.717, 1.165) is 19.3 Å². The summed E-state index contributed by atoms with van der Waals surface area (Å²) in [6, 6.07) is 0. The second-order valence-corrected chi connectivity index (χ2v) is 4.74. The van der Waals surface area contributed by atoms with Gasteiger partial charge in [0.2, 0.25) is 0 Å². The topological polar surface area (TPSA) is 18.5 Å². The van der Waals surface area contributed by atoms with Crippen molar-refractivity contribution in [1.82, 2.24) is 0 Å². The molecule has 5 heteroatoms. The van der Waals surface area contributed by atoms with Crippen LogP contribution in [-0.2, 0) is 9.47 Å². The molecule has 2 nitrogen and oxygen atoms in total. The number of rotatable bonds is 6. The Bertz CT molecular complexity index is 219. The monoisotopic (exact) mass is 268 g/mol. The standard InChI is InChI=1S/C13H23F3O2/c1-3-17-12(18-4-2)11(13(14,15)16)10-8-6-5-7-9-10/h10-12H,3-9H2,1-2H3. The van der Waals surface area contributed by atoms with Gasteiger partial charge in [0, 0.05) is 13.2 Å². The number of halogens is 3. The average molecular weight is 268 g/mol. The molecule has 0 radical (unpaired) electrons. The maximum absolute atomic E-state index is 13.2. The fraction of sp³-hybridized carbons (Fsp3) is 1.00. The second-order valence-electron chi connectivity index (χ2n) is 4.74. The Labute approximate surface area is 107 Å². The molecule has 1 rings (SSSR count). The molecule has 0 N–H and O–H groups in total. The zero-order valence-electron chi connectivity index (χ0n) is 11.1. The zero-order chi connectivity index (χ0) is 13.6. The molecule has 0 aromatic rings. The van der Waals surface area contributed by atoms with Crippen LogP contribution in [0, 0.1) is 11.8 Å². The molecule has 0 aliphatic heterocycles. The Morgan fingerprint density at radius 3 is 1.89 bits per heavy atom. The minimum absolute atomic E-state index is 0.240. The molecule has 18 heavy (non-hydrogen) atoms. The van der Waals surface area contributed by atoms with Gasteiger partial charge in [-0.3, -0.25) is 0 Å². The molecule has 0 aromatic carbocycles. The smallest absolute Gasteiger partial charge is 0.352 e. The molecule has 1 aliphatic carbocycles. The Morgan fingerprint density at radius 2 is 1.50 bits per heavy atom. The molecule has 1 atom stereocenters. The van der Waals surface area contributed by atoms with E-state index in [0.29, 0.717) is 12.8 Å². The fourth-order valence-corrected chi connectivity index (χ4v) is 2.72. The first-order valence-corrected chi connectivity index (χ1v) is 6.80. The molecule has 1 saturated carbocycles. The van der Waals surface area contributed by atoms with Crippen molar-refractivity contribution in [1.29, 1.82) is 0 Å². The van der Waals surface area contributed by atoms with Crippen molar-refractivity contribution < 1.29 is 22.6 Å². The van der Waals surface area contributed by atoms with E-state index in [1.165, 1.54) is 0 Å². The molecule has 1 unspecified atom stereocenters. The summed E-state index contributed by atoms with van der Waals surface area (Å²) in [5.74, 6) is -1.85. The number of alkyl halides is 3. The van der Waals surface area contributed by atoms with Crippen LogP contribution in [0.25, 0.3) is 0 Å². The van der Waals surface area contributed by atoms with Gasteiger partial charge >= 0.3 is 6.18 Å².